The van der Waals surface area contributed by atoms with Gasteiger partial charge in [-0.25, -0.2) is 4.39 Å². The fourth-order valence-corrected chi connectivity index (χ4v) is 2.74. The lowest BCUT2D eigenvalue weighted by Gasteiger charge is -2.09. The lowest BCUT2D eigenvalue weighted by atomic mass is 10.1. The number of anilines is 1. The predicted molar refractivity (Wildman–Crippen MR) is 98.7 cm³/mol. The molecule has 3 rings (SSSR count). The highest BCUT2D eigenvalue weighted by molar-refractivity contribution is 5.96. The van der Waals surface area contributed by atoms with Crippen LogP contribution in [-0.2, 0) is 17.6 Å². The molecule has 0 aliphatic carbocycles. The smallest absolute Gasteiger partial charge is 0.228 e. The van der Waals surface area contributed by atoms with E-state index >= 15 is 0 Å². The first-order chi connectivity index (χ1) is 12.6. The zero-order valence-electron chi connectivity index (χ0n) is 14.7. The Hall–Kier alpha value is -3.15. The highest BCUT2D eigenvalue weighted by Crippen LogP contribution is 2.29. The number of halogens is 1. The summed E-state index contributed by atoms with van der Waals surface area (Å²) in [4.78, 5) is 12.5. The van der Waals surface area contributed by atoms with E-state index in [-0.39, 0.29) is 18.1 Å². The quantitative estimate of drug-likeness (QED) is 0.705. The van der Waals surface area contributed by atoms with E-state index in [9.17, 15) is 9.18 Å². The van der Waals surface area contributed by atoms with Gasteiger partial charge in [0.15, 0.2) is 0 Å². The number of amides is 1. The van der Waals surface area contributed by atoms with Crippen LogP contribution in [0.1, 0.15) is 18.2 Å². The number of nitrogens with zero attached hydrogens (tertiary/aromatic N) is 1. The zero-order valence-corrected chi connectivity index (χ0v) is 14.7. The molecule has 1 amide bonds. The molecule has 0 unspecified atom stereocenters. The van der Waals surface area contributed by atoms with Crippen LogP contribution in [0.2, 0.25) is 0 Å². The minimum atomic E-state index is -0.316. The maximum absolute atomic E-state index is 13.2. The Labute approximate surface area is 151 Å². The standard InChI is InChI=1S/C20H20FN3O2/c1-3-17-20(19(24-23-17)14-7-9-15(21)10-8-14)22-18(25)12-13-5-4-6-16(11-13)26-2/h4-11H,3,12H2,1-2H3,(H,22,25)(H,23,24). The van der Waals surface area contributed by atoms with Crippen molar-refractivity contribution in [2.75, 3.05) is 12.4 Å². The molecule has 0 radical (unpaired) electrons. The van der Waals surface area contributed by atoms with Crippen molar-refractivity contribution < 1.29 is 13.9 Å². The Morgan fingerprint density at radius 3 is 2.69 bits per heavy atom. The van der Waals surface area contributed by atoms with Gasteiger partial charge in [0.2, 0.25) is 5.91 Å². The Kier molecular flexibility index (Phi) is 5.31. The fraction of sp³-hybridized carbons (Fsp3) is 0.200. The highest BCUT2D eigenvalue weighted by Gasteiger charge is 2.17. The summed E-state index contributed by atoms with van der Waals surface area (Å²) in [5, 5.41) is 10.2. The summed E-state index contributed by atoms with van der Waals surface area (Å²) in [6, 6.07) is 13.4. The van der Waals surface area contributed by atoms with Crippen molar-refractivity contribution in [3.63, 3.8) is 0 Å². The molecule has 0 aliphatic heterocycles. The molecule has 6 heteroatoms. The summed E-state index contributed by atoms with van der Waals surface area (Å²) in [6.07, 6.45) is 0.900. The molecule has 5 nitrogen and oxygen atoms in total. The zero-order chi connectivity index (χ0) is 18.5. The van der Waals surface area contributed by atoms with Crippen LogP contribution in [0.15, 0.2) is 48.5 Å². The van der Waals surface area contributed by atoms with Crippen LogP contribution in [0.25, 0.3) is 11.3 Å². The van der Waals surface area contributed by atoms with Gasteiger partial charge < -0.3 is 10.1 Å². The van der Waals surface area contributed by atoms with Gasteiger partial charge >= 0.3 is 0 Å². The highest BCUT2D eigenvalue weighted by atomic mass is 19.1. The summed E-state index contributed by atoms with van der Waals surface area (Å²) in [5.74, 6) is 0.237. The number of benzene rings is 2. The van der Waals surface area contributed by atoms with Crippen LogP contribution in [-0.4, -0.2) is 23.2 Å². The number of nitrogens with one attached hydrogen (secondary N) is 2. The molecule has 0 saturated carbocycles. The second-order valence-corrected chi connectivity index (χ2v) is 5.86. The number of hydrogen-bond acceptors (Lipinski definition) is 3. The van der Waals surface area contributed by atoms with Crippen LogP contribution >= 0.6 is 0 Å². The van der Waals surface area contributed by atoms with Crippen molar-refractivity contribution in [1.82, 2.24) is 10.2 Å². The van der Waals surface area contributed by atoms with Gasteiger partial charge in [-0.3, -0.25) is 9.89 Å². The van der Waals surface area contributed by atoms with E-state index < -0.39 is 0 Å². The SMILES string of the molecule is CCc1[nH]nc(-c2ccc(F)cc2)c1NC(=O)Cc1cccc(OC)c1. The maximum Gasteiger partial charge on any atom is 0.228 e. The number of aromatic nitrogens is 2. The van der Waals surface area contributed by atoms with E-state index in [4.69, 9.17) is 4.74 Å². The van der Waals surface area contributed by atoms with E-state index in [2.05, 4.69) is 15.5 Å². The Morgan fingerprint density at radius 2 is 2.00 bits per heavy atom. The van der Waals surface area contributed by atoms with Gasteiger partial charge in [0.25, 0.3) is 0 Å². The van der Waals surface area contributed by atoms with Gasteiger partial charge in [0.05, 0.1) is 24.9 Å². The molecule has 0 spiro atoms. The molecule has 0 aliphatic rings. The monoisotopic (exact) mass is 353 g/mol. The molecule has 2 aromatic carbocycles. The van der Waals surface area contributed by atoms with Gasteiger partial charge in [0, 0.05) is 5.56 Å². The first-order valence-electron chi connectivity index (χ1n) is 8.36. The average Bonchev–Trinajstić information content (AvgIpc) is 3.05. The molecule has 3 aromatic rings. The Balaban J connectivity index is 1.83. The number of aryl methyl sites for hydroxylation is 1. The van der Waals surface area contributed by atoms with Gasteiger partial charge in [-0.15, -0.1) is 0 Å². The maximum atomic E-state index is 13.2. The molecular formula is C20H20FN3O2. The number of methoxy groups -OCH3 is 1. The summed E-state index contributed by atoms with van der Waals surface area (Å²) in [6.45, 7) is 1.97. The predicted octanol–water partition coefficient (Wildman–Crippen LogP) is 3.97. The van der Waals surface area contributed by atoms with E-state index in [1.54, 1.807) is 19.2 Å². The molecule has 0 atom stereocenters. The second kappa shape index (κ2) is 7.82. The van der Waals surface area contributed by atoms with Crippen molar-refractivity contribution in [2.24, 2.45) is 0 Å². The Morgan fingerprint density at radius 1 is 1.23 bits per heavy atom. The third-order valence-corrected chi connectivity index (χ3v) is 4.08. The molecule has 0 fully saturated rings. The molecule has 134 valence electrons. The number of rotatable bonds is 6. The molecule has 0 bridgehead atoms. The van der Waals surface area contributed by atoms with Crippen LogP contribution in [0, 0.1) is 5.82 Å². The minimum Gasteiger partial charge on any atom is -0.497 e. The molecule has 1 aromatic heterocycles. The van der Waals surface area contributed by atoms with Gasteiger partial charge in [-0.2, -0.15) is 5.10 Å². The summed E-state index contributed by atoms with van der Waals surface area (Å²) >= 11 is 0. The molecular weight excluding hydrogens is 333 g/mol. The number of H-pyrrole nitrogens is 1. The molecule has 1 heterocycles. The van der Waals surface area contributed by atoms with Gasteiger partial charge in [-0.05, 0) is 48.4 Å². The van der Waals surface area contributed by atoms with Crippen LogP contribution in [0.4, 0.5) is 10.1 Å². The first kappa shape index (κ1) is 17.7. The largest absolute Gasteiger partial charge is 0.497 e. The van der Waals surface area contributed by atoms with Crippen molar-refractivity contribution in [3.8, 4) is 17.0 Å². The molecule has 2 N–H and O–H groups in total. The number of hydrogen-bond donors (Lipinski definition) is 2. The molecule has 0 saturated heterocycles. The minimum absolute atomic E-state index is 0.155. The van der Waals surface area contributed by atoms with Crippen LogP contribution in [0.3, 0.4) is 0 Å². The van der Waals surface area contributed by atoms with Gasteiger partial charge in [0.1, 0.15) is 17.3 Å². The van der Waals surface area contributed by atoms with Crippen molar-refractivity contribution >= 4 is 11.6 Å². The second-order valence-electron chi connectivity index (χ2n) is 5.86. The summed E-state index contributed by atoms with van der Waals surface area (Å²) in [5.41, 5.74) is 3.64. The van der Waals surface area contributed by atoms with E-state index in [1.165, 1.54) is 12.1 Å². The first-order valence-corrected chi connectivity index (χ1v) is 8.36. The van der Waals surface area contributed by atoms with E-state index in [0.717, 1.165) is 16.8 Å². The number of aromatic amines is 1. The normalized spacial score (nSPS) is 10.6. The third-order valence-electron chi connectivity index (χ3n) is 4.08. The third kappa shape index (κ3) is 3.91. The van der Waals surface area contributed by atoms with Crippen LogP contribution in [0.5, 0.6) is 5.75 Å². The van der Waals surface area contributed by atoms with E-state index in [0.29, 0.717) is 23.6 Å². The van der Waals surface area contributed by atoms with Crippen molar-refractivity contribution in [2.45, 2.75) is 19.8 Å². The topological polar surface area (TPSA) is 67.0 Å². The van der Waals surface area contributed by atoms with Crippen molar-refractivity contribution in [1.29, 1.82) is 0 Å². The number of ether oxygens (including phenoxy) is 1. The lowest BCUT2D eigenvalue weighted by molar-refractivity contribution is -0.115. The fourth-order valence-electron chi connectivity index (χ4n) is 2.74. The molecule has 26 heavy (non-hydrogen) atoms. The van der Waals surface area contributed by atoms with Crippen LogP contribution < -0.4 is 10.1 Å². The Bertz CT molecular complexity index is 904. The lowest BCUT2D eigenvalue weighted by Crippen LogP contribution is -2.15. The summed E-state index contributed by atoms with van der Waals surface area (Å²) < 4.78 is 18.4. The number of carbonyl (C=O) groups is 1. The van der Waals surface area contributed by atoms with Gasteiger partial charge in [-0.1, -0.05) is 19.1 Å². The average molecular weight is 353 g/mol. The van der Waals surface area contributed by atoms with Crippen molar-refractivity contribution in [3.05, 3.63) is 65.6 Å². The number of carbonyl (C=O) groups excluding carboxylic acids is 1. The summed E-state index contributed by atoms with van der Waals surface area (Å²) in [7, 11) is 1.59. The van der Waals surface area contributed by atoms with E-state index in [1.807, 2.05) is 31.2 Å².